The van der Waals surface area contributed by atoms with Gasteiger partial charge in [0.25, 0.3) is 0 Å². The highest BCUT2D eigenvalue weighted by Gasteiger charge is 2.68. The molecule has 2 bridgehead atoms. The molecule has 0 aliphatic heterocycles. The number of hydrogen-bond acceptors (Lipinski definition) is 5. The molecule has 0 amide bonds. The molecule has 8 atom stereocenters. The molecular formula is C24H36O5. The maximum absolute atomic E-state index is 11.8. The van der Waals surface area contributed by atoms with E-state index in [1.54, 1.807) is 0 Å². The quantitative estimate of drug-likeness (QED) is 0.568. The van der Waals surface area contributed by atoms with Crippen LogP contribution >= 0.6 is 0 Å². The summed E-state index contributed by atoms with van der Waals surface area (Å²) in [7, 11) is 0. The molecule has 0 heterocycles. The first-order valence-electron chi connectivity index (χ1n) is 11.2. The summed E-state index contributed by atoms with van der Waals surface area (Å²) in [5.41, 5.74) is 0.798. The average Bonchev–Trinajstić information content (AvgIpc) is 2.89. The van der Waals surface area contributed by atoms with E-state index in [1.165, 1.54) is 19.4 Å². The lowest BCUT2D eigenvalue weighted by atomic mass is 9.40. The van der Waals surface area contributed by atoms with Crippen LogP contribution in [0.2, 0.25) is 0 Å². The zero-order valence-electron chi connectivity index (χ0n) is 18.3. The Morgan fingerprint density at radius 1 is 1.14 bits per heavy atom. The predicted molar refractivity (Wildman–Crippen MR) is 109 cm³/mol. The van der Waals surface area contributed by atoms with E-state index in [-0.39, 0.29) is 47.5 Å². The third kappa shape index (κ3) is 2.98. The van der Waals surface area contributed by atoms with Gasteiger partial charge in [0.15, 0.2) is 0 Å². The van der Waals surface area contributed by atoms with Crippen LogP contribution in [0.4, 0.5) is 0 Å². The van der Waals surface area contributed by atoms with E-state index >= 15 is 0 Å². The fourth-order valence-corrected chi connectivity index (χ4v) is 8.12. The summed E-state index contributed by atoms with van der Waals surface area (Å²) in [6.07, 6.45) is 6.02. The van der Waals surface area contributed by atoms with E-state index < -0.39 is 5.41 Å². The molecule has 4 aliphatic carbocycles. The van der Waals surface area contributed by atoms with E-state index in [0.29, 0.717) is 18.3 Å². The van der Waals surface area contributed by atoms with E-state index in [9.17, 15) is 14.7 Å². The Balaban J connectivity index is 1.73. The van der Waals surface area contributed by atoms with Crippen molar-refractivity contribution in [2.45, 2.75) is 84.8 Å². The van der Waals surface area contributed by atoms with Crippen molar-refractivity contribution in [3.05, 3.63) is 12.2 Å². The van der Waals surface area contributed by atoms with Gasteiger partial charge in [0.1, 0.15) is 12.7 Å². The molecule has 1 spiro atoms. The molecule has 0 unspecified atom stereocenters. The van der Waals surface area contributed by atoms with Gasteiger partial charge in [-0.1, -0.05) is 26.0 Å². The summed E-state index contributed by atoms with van der Waals surface area (Å²) in [5.74, 6) is 0.497. The molecule has 4 saturated carbocycles. The second-order valence-corrected chi connectivity index (χ2v) is 10.8. The van der Waals surface area contributed by atoms with Crippen LogP contribution in [0.25, 0.3) is 0 Å². The number of esters is 2. The summed E-state index contributed by atoms with van der Waals surface area (Å²) in [6.45, 7) is 11.9. The minimum atomic E-state index is -0.501. The van der Waals surface area contributed by atoms with Gasteiger partial charge in [-0.15, -0.1) is 0 Å². The summed E-state index contributed by atoms with van der Waals surface area (Å²) >= 11 is 0. The number of hydrogen-bond donors (Lipinski definition) is 1. The van der Waals surface area contributed by atoms with Crippen molar-refractivity contribution in [2.24, 2.45) is 34.0 Å². The van der Waals surface area contributed by atoms with Gasteiger partial charge in [-0.05, 0) is 68.1 Å². The van der Waals surface area contributed by atoms with Crippen LogP contribution in [0.15, 0.2) is 12.2 Å². The molecule has 162 valence electrons. The molecule has 1 N–H and O–H groups in total. The molecular weight excluding hydrogens is 368 g/mol. The zero-order valence-corrected chi connectivity index (χ0v) is 18.3. The third-order valence-electron chi connectivity index (χ3n) is 9.34. The first-order valence-corrected chi connectivity index (χ1v) is 11.2. The first-order chi connectivity index (χ1) is 13.5. The normalized spacial score (nSPS) is 48.4. The maximum Gasteiger partial charge on any atom is 0.302 e. The largest absolute Gasteiger partial charge is 0.465 e. The molecule has 0 aromatic rings. The molecule has 5 nitrogen and oxygen atoms in total. The van der Waals surface area contributed by atoms with Crippen LogP contribution in [0, 0.1) is 34.0 Å². The number of ether oxygens (including phenoxy) is 2. The van der Waals surface area contributed by atoms with Gasteiger partial charge >= 0.3 is 11.9 Å². The Morgan fingerprint density at radius 3 is 2.52 bits per heavy atom. The van der Waals surface area contributed by atoms with Gasteiger partial charge in [0.2, 0.25) is 0 Å². The highest BCUT2D eigenvalue weighted by molar-refractivity contribution is 5.66. The molecule has 5 heteroatoms. The summed E-state index contributed by atoms with van der Waals surface area (Å²) in [5, 5.41) is 11.5. The highest BCUT2D eigenvalue weighted by atomic mass is 16.6. The summed E-state index contributed by atoms with van der Waals surface area (Å²) in [6, 6.07) is 0. The van der Waals surface area contributed by atoms with Crippen molar-refractivity contribution in [1.29, 1.82) is 0 Å². The van der Waals surface area contributed by atoms with Crippen molar-refractivity contribution >= 4 is 11.9 Å². The van der Waals surface area contributed by atoms with E-state index in [2.05, 4.69) is 20.4 Å². The molecule has 0 aromatic carbocycles. The van der Waals surface area contributed by atoms with E-state index in [4.69, 9.17) is 9.47 Å². The Labute approximate surface area is 174 Å². The topological polar surface area (TPSA) is 72.8 Å². The van der Waals surface area contributed by atoms with Crippen LogP contribution in [0.5, 0.6) is 0 Å². The Bertz CT molecular complexity index is 731. The van der Waals surface area contributed by atoms with Gasteiger partial charge in [-0.3, -0.25) is 9.59 Å². The minimum absolute atomic E-state index is 0.0281. The van der Waals surface area contributed by atoms with Gasteiger partial charge in [-0.2, -0.15) is 0 Å². The lowest BCUT2D eigenvalue weighted by Crippen LogP contribution is -2.65. The second-order valence-electron chi connectivity index (χ2n) is 10.8. The van der Waals surface area contributed by atoms with Crippen molar-refractivity contribution in [2.75, 3.05) is 6.61 Å². The van der Waals surface area contributed by atoms with Crippen molar-refractivity contribution in [1.82, 2.24) is 0 Å². The Kier molecular flexibility index (Phi) is 4.92. The number of allylic oxidation sites excluding steroid dienone is 1. The molecule has 29 heavy (non-hydrogen) atoms. The SMILES string of the molecule is C=C1C[C@]23C[C@H]1CC[C@H]2[C@]1(C)CC[C@@H](OC(C)=O)[C@](C)(COC(C)=O)[C@H]1C[C@@H]3O. The lowest BCUT2D eigenvalue weighted by molar-refractivity contribution is -0.237. The Morgan fingerprint density at radius 2 is 1.86 bits per heavy atom. The van der Waals surface area contributed by atoms with Gasteiger partial charge in [-0.25, -0.2) is 0 Å². The lowest BCUT2D eigenvalue weighted by Gasteiger charge is -2.66. The minimum Gasteiger partial charge on any atom is -0.465 e. The van der Waals surface area contributed by atoms with Crippen LogP contribution < -0.4 is 0 Å². The smallest absolute Gasteiger partial charge is 0.302 e. The zero-order chi connectivity index (χ0) is 21.2. The third-order valence-corrected chi connectivity index (χ3v) is 9.34. The standard InChI is InChI=1S/C24H36O5/c1-14-11-24-12-17(14)6-7-18(24)22(4)9-8-21(29-16(3)26)23(5,13-28-15(2)25)19(22)10-20(24)27/h17-21,27H,1,6-13H2,2-5H3/t17-,18+,19+,20+,21-,22+,23-,24+/m1/s1. The van der Waals surface area contributed by atoms with Gasteiger partial charge in [0, 0.05) is 24.7 Å². The van der Waals surface area contributed by atoms with Crippen molar-refractivity contribution in [3.63, 3.8) is 0 Å². The number of aliphatic hydroxyl groups excluding tert-OH is 1. The number of aliphatic hydroxyl groups is 1. The Hall–Kier alpha value is -1.36. The second kappa shape index (κ2) is 6.83. The van der Waals surface area contributed by atoms with Crippen molar-refractivity contribution < 1.29 is 24.2 Å². The van der Waals surface area contributed by atoms with Crippen LogP contribution in [0.3, 0.4) is 0 Å². The monoisotopic (exact) mass is 404 g/mol. The summed E-state index contributed by atoms with van der Waals surface area (Å²) < 4.78 is 11.3. The molecule has 4 aliphatic rings. The number of fused-ring (bicyclic) bond motifs is 3. The highest BCUT2D eigenvalue weighted by Crippen LogP contribution is 2.72. The number of carbonyl (C=O) groups is 2. The van der Waals surface area contributed by atoms with E-state index in [0.717, 1.165) is 38.5 Å². The fourth-order valence-electron chi connectivity index (χ4n) is 8.12. The fraction of sp³-hybridized carbons (Fsp3) is 0.833. The molecule has 4 rings (SSSR count). The molecule has 4 fully saturated rings. The number of carbonyl (C=O) groups excluding carboxylic acids is 2. The molecule has 0 saturated heterocycles. The van der Waals surface area contributed by atoms with Crippen LogP contribution in [-0.4, -0.2) is 35.9 Å². The van der Waals surface area contributed by atoms with Crippen LogP contribution in [-0.2, 0) is 19.1 Å². The maximum atomic E-state index is 11.8. The van der Waals surface area contributed by atoms with E-state index in [1.807, 2.05) is 0 Å². The molecule has 0 radical (unpaired) electrons. The average molecular weight is 405 g/mol. The predicted octanol–water partition coefficient (Wildman–Crippen LogP) is 4.03. The van der Waals surface area contributed by atoms with Crippen LogP contribution in [0.1, 0.15) is 72.6 Å². The number of rotatable bonds is 3. The van der Waals surface area contributed by atoms with Gasteiger partial charge < -0.3 is 14.6 Å². The summed E-state index contributed by atoms with van der Waals surface area (Å²) in [4.78, 5) is 23.5. The van der Waals surface area contributed by atoms with Crippen molar-refractivity contribution in [3.8, 4) is 0 Å². The van der Waals surface area contributed by atoms with Gasteiger partial charge in [0.05, 0.1) is 6.10 Å². The molecule has 0 aromatic heterocycles. The first kappa shape index (κ1) is 20.9.